The number of piperazine rings is 1. The molecule has 214 valence electrons. The van der Waals surface area contributed by atoms with Crippen molar-refractivity contribution in [3.8, 4) is 35.4 Å². The van der Waals surface area contributed by atoms with Crippen LogP contribution in [0.25, 0.3) is 27.7 Å². The third kappa shape index (κ3) is 3.51. The smallest absolute Gasteiger partial charge is 0.319 e. The Morgan fingerprint density at radius 2 is 1.93 bits per heavy atom. The number of nitrogens with zero attached hydrogens (tertiary/aromatic N) is 6. The zero-order chi connectivity index (χ0) is 28.2. The van der Waals surface area contributed by atoms with Crippen LogP contribution >= 0.6 is 0 Å². The largest absolute Gasteiger partial charge is 0.508 e. The minimum atomic E-state index is -0.544. The average molecular weight is 566 g/mol. The second kappa shape index (κ2) is 8.65. The highest BCUT2D eigenvalue weighted by atomic mass is 19.1. The van der Waals surface area contributed by atoms with Crippen LogP contribution in [0.1, 0.15) is 43.2 Å². The number of benzene rings is 1. The lowest BCUT2D eigenvalue weighted by Crippen LogP contribution is -2.43. The van der Waals surface area contributed by atoms with E-state index in [1.54, 1.807) is 18.3 Å². The van der Waals surface area contributed by atoms with Crippen molar-refractivity contribution in [2.24, 2.45) is 0 Å². The van der Waals surface area contributed by atoms with Crippen molar-refractivity contribution in [2.75, 3.05) is 50.8 Å². The summed E-state index contributed by atoms with van der Waals surface area (Å²) >= 11 is 0. The van der Waals surface area contributed by atoms with E-state index in [1.165, 1.54) is 30.4 Å². The molecule has 5 aliphatic heterocycles. The molecule has 5 saturated heterocycles. The molecule has 9 rings (SSSR count). The van der Waals surface area contributed by atoms with Crippen LogP contribution in [0.2, 0.25) is 0 Å². The quantitative estimate of drug-likeness (QED) is 0.286. The van der Waals surface area contributed by atoms with Crippen molar-refractivity contribution < 1.29 is 18.7 Å². The number of fused-ring (bicyclic) bond motifs is 3. The van der Waals surface area contributed by atoms with E-state index < -0.39 is 5.82 Å². The maximum absolute atomic E-state index is 16.7. The first-order valence-electron chi connectivity index (χ1n) is 15.4. The molecule has 1 N–H and O–H groups in total. The molecule has 2 unspecified atom stereocenters. The third-order valence-electron chi connectivity index (χ3n) is 11.0. The molecule has 5 fully saturated rings. The molecule has 3 aromatic rings. The number of ether oxygens (including phenoxy) is 1. The summed E-state index contributed by atoms with van der Waals surface area (Å²) in [6, 6.07) is 4.76. The monoisotopic (exact) mass is 565 g/mol. The van der Waals surface area contributed by atoms with Gasteiger partial charge in [0.25, 0.3) is 0 Å². The van der Waals surface area contributed by atoms with Crippen LogP contribution in [-0.2, 0) is 6.42 Å². The van der Waals surface area contributed by atoms with E-state index in [-0.39, 0.29) is 28.5 Å². The number of pyridine rings is 1. The Kier molecular flexibility index (Phi) is 5.11. The lowest BCUT2D eigenvalue weighted by atomic mass is 9.86. The molecule has 0 amide bonds. The molecular weight excluding hydrogens is 531 g/mol. The molecule has 0 radical (unpaired) electrons. The molecule has 6 aliphatic rings. The van der Waals surface area contributed by atoms with Gasteiger partial charge in [0.15, 0.2) is 17.9 Å². The Morgan fingerprint density at radius 3 is 2.69 bits per heavy atom. The second-order valence-corrected chi connectivity index (χ2v) is 13.2. The van der Waals surface area contributed by atoms with Gasteiger partial charge in [-0.15, -0.1) is 6.42 Å². The van der Waals surface area contributed by atoms with Crippen LogP contribution in [0.5, 0.6) is 11.8 Å². The van der Waals surface area contributed by atoms with E-state index in [0.29, 0.717) is 41.0 Å². The number of halogens is 1. The fourth-order valence-corrected chi connectivity index (χ4v) is 8.73. The van der Waals surface area contributed by atoms with Crippen molar-refractivity contribution in [1.82, 2.24) is 19.9 Å². The number of terminal acetylenes is 1. The maximum Gasteiger partial charge on any atom is 0.319 e. The standard InChI is InChI=1S/C33H33FN6O2/c1-2-20-6-3-7-21-12-24(41)13-25(27(20)21)29-28(34)30-26(14-35-29)31(38-15-22-17-40(22)18-23(40)16-38)37-32(36-30)42-19-33-8-4-10-39(33)11-5-9-33/h1,6,12-14,22-23H,3-5,7-11,15-19H2/p+1. The number of aromatic nitrogens is 3. The van der Waals surface area contributed by atoms with E-state index in [9.17, 15) is 5.11 Å². The van der Waals surface area contributed by atoms with Gasteiger partial charge >= 0.3 is 6.01 Å². The van der Waals surface area contributed by atoms with Gasteiger partial charge in [0, 0.05) is 22.9 Å². The molecular formula is C33H34FN6O2+. The molecule has 1 aromatic carbocycles. The van der Waals surface area contributed by atoms with Crippen LogP contribution < -0.4 is 9.64 Å². The minimum Gasteiger partial charge on any atom is -0.508 e. The molecule has 8 nitrogen and oxygen atoms in total. The number of phenols is 1. The fourth-order valence-electron chi connectivity index (χ4n) is 8.73. The van der Waals surface area contributed by atoms with Gasteiger partial charge < -0.3 is 14.7 Å². The Balaban J connectivity index is 1.17. The van der Waals surface area contributed by atoms with Gasteiger partial charge in [0.1, 0.15) is 42.5 Å². The van der Waals surface area contributed by atoms with Gasteiger partial charge in [-0.1, -0.05) is 12.0 Å². The van der Waals surface area contributed by atoms with Crippen LogP contribution in [-0.4, -0.2) is 92.9 Å². The maximum atomic E-state index is 16.7. The topological polar surface area (TPSA) is 74.6 Å². The fraction of sp³-hybridized carbons (Fsp3) is 0.485. The van der Waals surface area contributed by atoms with Crippen LogP contribution in [0, 0.1) is 18.2 Å². The first kappa shape index (κ1) is 24.8. The zero-order valence-corrected chi connectivity index (χ0v) is 23.7. The Morgan fingerprint density at radius 1 is 1.14 bits per heavy atom. The highest BCUT2D eigenvalue weighted by Gasteiger charge is 2.75. The Labute approximate surface area is 244 Å². The summed E-state index contributed by atoms with van der Waals surface area (Å²) in [5.41, 5.74) is 3.19. The summed E-state index contributed by atoms with van der Waals surface area (Å²) in [5, 5.41) is 11.2. The SMILES string of the molecule is C#CC1=CCCc2cc(O)cc(-c3ncc4c(N5CC6C[N+]67CC7C5)nc(OCC56CCCN5CCC6)nc4c3F)c21. The number of aromatic hydroxyl groups is 1. The normalized spacial score (nSPS) is 28.4. The minimum absolute atomic E-state index is 0.0310. The van der Waals surface area contributed by atoms with Crippen LogP contribution in [0.3, 0.4) is 0 Å². The number of aryl methyl sites for hydroxylation is 1. The van der Waals surface area contributed by atoms with Crippen molar-refractivity contribution in [2.45, 2.75) is 56.1 Å². The van der Waals surface area contributed by atoms with E-state index in [1.807, 2.05) is 6.08 Å². The summed E-state index contributed by atoms with van der Waals surface area (Å²) in [4.78, 5) is 19.1. The highest BCUT2D eigenvalue weighted by Crippen LogP contribution is 2.52. The van der Waals surface area contributed by atoms with Crippen molar-refractivity contribution >= 4 is 22.3 Å². The highest BCUT2D eigenvalue weighted by molar-refractivity contribution is 5.95. The zero-order valence-electron chi connectivity index (χ0n) is 23.7. The summed E-state index contributed by atoms with van der Waals surface area (Å²) in [6.07, 6.45) is 15.6. The molecule has 0 bridgehead atoms. The molecule has 2 aromatic heterocycles. The first-order valence-corrected chi connectivity index (χ1v) is 15.4. The van der Waals surface area contributed by atoms with Crippen molar-refractivity contribution in [3.05, 3.63) is 41.3 Å². The summed E-state index contributed by atoms with van der Waals surface area (Å²) in [5.74, 6) is 2.99. The van der Waals surface area contributed by atoms with Gasteiger partial charge in [-0.05, 0) is 69.3 Å². The first-order chi connectivity index (χ1) is 20.5. The predicted octanol–water partition coefficient (Wildman–Crippen LogP) is 3.91. The Bertz CT molecular complexity index is 1720. The molecule has 42 heavy (non-hydrogen) atoms. The molecule has 7 heterocycles. The Hall–Kier alpha value is -3.74. The third-order valence-corrected chi connectivity index (χ3v) is 11.0. The molecule has 1 spiro atoms. The number of allylic oxidation sites excluding steroid dienone is 2. The number of rotatable bonds is 5. The number of hydrogen-bond acceptors (Lipinski definition) is 7. The summed E-state index contributed by atoms with van der Waals surface area (Å²) in [6.45, 7) is 7.00. The van der Waals surface area contributed by atoms with Gasteiger partial charge in [-0.3, -0.25) is 14.4 Å². The van der Waals surface area contributed by atoms with Crippen molar-refractivity contribution in [3.63, 3.8) is 0 Å². The van der Waals surface area contributed by atoms with E-state index >= 15 is 4.39 Å². The number of phenolic OH excluding ortho intramolecular Hbond substituents is 1. The lowest BCUT2D eigenvalue weighted by Gasteiger charge is -2.31. The van der Waals surface area contributed by atoms with Gasteiger partial charge in [-0.2, -0.15) is 9.97 Å². The van der Waals surface area contributed by atoms with Crippen LogP contribution in [0.4, 0.5) is 10.2 Å². The molecule has 2 atom stereocenters. The second-order valence-electron chi connectivity index (χ2n) is 13.2. The van der Waals surface area contributed by atoms with Crippen molar-refractivity contribution in [1.29, 1.82) is 0 Å². The van der Waals surface area contributed by atoms with E-state index in [4.69, 9.17) is 21.1 Å². The van der Waals surface area contributed by atoms with Gasteiger partial charge in [0.2, 0.25) is 0 Å². The average Bonchev–Trinajstić information content (AvgIpc) is 3.77. The molecule has 1 aliphatic carbocycles. The lowest BCUT2D eigenvalue weighted by molar-refractivity contribution is -0.684. The van der Waals surface area contributed by atoms with Crippen LogP contribution in [0.15, 0.2) is 24.4 Å². The van der Waals surface area contributed by atoms with E-state index in [0.717, 1.165) is 63.0 Å². The summed E-state index contributed by atoms with van der Waals surface area (Å²) in [7, 11) is 0. The van der Waals surface area contributed by atoms with Gasteiger partial charge in [0.05, 0.1) is 24.0 Å². The number of quaternary nitrogens is 1. The van der Waals surface area contributed by atoms with E-state index in [2.05, 4.69) is 20.7 Å². The molecule has 0 saturated carbocycles. The summed E-state index contributed by atoms with van der Waals surface area (Å²) < 4.78 is 24.4. The van der Waals surface area contributed by atoms with Gasteiger partial charge in [-0.25, -0.2) is 4.39 Å². The number of hydrogen-bond donors (Lipinski definition) is 1. The molecule has 9 heteroatoms. The predicted molar refractivity (Wildman–Crippen MR) is 158 cm³/mol. The number of anilines is 1.